The molecule has 12 heteroatoms. The lowest BCUT2D eigenvalue weighted by Gasteiger charge is -2.10. The molecule has 1 aliphatic rings. The minimum Gasteiger partial charge on any atom is -0.490 e. The van der Waals surface area contributed by atoms with Crippen molar-refractivity contribution in [1.29, 1.82) is 0 Å². The molecule has 39 heavy (non-hydrogen) atoms. The van der Waals surface area contributed by atoms with Gasteiger partial charge in [-0.3, -0.25) is 20.2 Å². The molecular weight excluding hydrogens is 510 g/mol. The van der Waals surface area contributed by atoms with E-state index in [4.69, 9.17) is 14.2 Å². The summed E-state index contributed by atoms with van der Waals surface area (Å²) in [5.41, 5.74) is 1.13. The molecule has 0 aliphatic carbocycles. The predicted molar refractivity (Wildman–Crippen MR) is 139 cm³/mol. The number of cyclic esters (lactones) is 1. The third kappa shape index (κ3) is 6.57. The van der Waals surface area contributed by atoms with Crippen LogP contribution in [0.15, 0.2) is 83.5 Å². The number of carbonyl (C=O) groups excluding carboxylic acids is 2. The molecule has 0 fully saturated rings. The summed E-state index contributed by atoms with van der Waals surface area (Å²) in [6, 6.07) is 15.8. The minimum atomic E-state index is -0.731. The summed E-state index contributed by atoms with van der Waals surface area (Å²) in [6.07, 6.45) is 3.98. The van der Waals surface area contributed by atoms with Crippen LogP contribution in [0.3, 0.4) is 0 Å². The zero-order valence-corrected chi connectivity index (χ0v) is 20.3. The molecule has 12 nitrogen and oxygen atoms in total. The number of ether oxygens (including phenoxy) is 3. The molecule has 0 bridgehead atoms. The van der Waals surface area contributed by atoms with E-state index in [9.17, 15) is 29.8 Å². The summed E-state index contributed by atoms with van der Waals surface area (Å²) in [6.45, 7) is 2.01. The number of aliphatic imine (C=N–C) groups is 1. The van der Waals surface area contributed by atoms with Crippen LogP contribution < -0.4 is 9.47 Å². The number of nitro benzene ring substituents is 2. The molecule has 1 aliphatic heterocycles. The lowest BCUT2D eigenvalue weighted by molar-refractivity contribution is -0.385. The molecule has 0 aromatic heterocycles. The highest BCUT2D eigenvalue weighted by molar-refractivity contribution is 6.12. The summed E-state index contributed by atoms with van der Waals surface area (Å²) in [4.78, 5) is 49.6. The number of carbonyl (C=O) groups is 2. The molecular formula is C27H19N3O9. The second-order valence-electron chi connectivity index (χ2n) is 7.89. The normalized spacial score (nSPS) is 13.7. The maximum Gasteiger partial charge on any atom is 0.363 e. The Kier molecular flexibility index (Phi) is 7.86. The third-order valence-corrected chi connectivity index (χ3v) is 5.22. The van der Waals surface area contributed by atoms with Gasteiger partial charge in [-0.25, -0.2) is 14.6 Å². The van der Waals surface area contributed by atoms with E-state index >= 15 is 0 Å². The number of non-ortho nitro benzene ring substituents is 2. The Labute approximate surface area is 220 Å². The second-order valence-corrected chi connectivity index (χ2v) is 7.89. The Morgan fingerprint density at radius 1 is 0.949 bits per heavy atom. The van der Waals surface area contributed by atoms with E-state index < -0.39 is 21.8 Å². The van der Waals surface area contributed by atoms with Crippen LogP contribution >= 0.6 is 0 Å². The molecule has 3 aromatic rings. The second kappa shape index (κ2) is 11.6. The zero-order valence-electron chi connectivity index (χ0n) is 20.3. The van der Waals surface area contributed by atoms with Crippen molar-refractivity contribution in [3.8, 4) is 11.5 Å². The Balaban J connectivity index is 1.51. The molecule has 3 aromatic carbocycles. The first kappa shape index (κ1) is 26.4. The van der Waals surface area contributed by atoms with Gasteiger partial charge in [0.2, 0.25) is 5.90 Å². The van der Waals surface area contributed by atoms with Crippen LogP contribution in [0.4, 0.5) is 11.4 Å². The maximum atomic E-state index is 12.4. The van der Waals surface area contributed by atoms with Gasteiger partial charge in [-0.1, -0.05) is 18.2 Å². The summed E-state index contributed by atoms with van der Waals surface area (Å²) >= 11 is 0. The van der Waals surface area contributed by atoms with Crippen LogP contribution in [0, 0.1) is 20.2 Å². The summed E-state index contributed by atoms with van der Waals surface area (Å²) in [5.74, 6) is -1.08. The van der Waals surface area contributed by atoms with Crippen molar-refractivity contribution in [2.75, 3.05) is 6.61 Å². The quantitative estimate of drug-likeness (QED) is 0.124. The Morgan fingerprint density at radius 3 is 2.38 bits per heavy atom. The van der Waals surface area contributed by atoms with Gasteiger partial charge in [-0.05, 0) is 54.5 Å². The van der Waals surface area contributed by atoms with E-state index in [0.29, 0.717) is 16.7 Å². The van der Waals surface area contributed by atoms with Crippen LogP contribution in [0.1, 0.15) is 23.6 Å². The first-order valence-electron chi connectivity index (χ1n) is 11.4. The number of rotatable bonds is 9. The zero-order chi connectivity index (χ0) is 27.9. The van der Waals surface area contributed by atoms with Gasteiger partial charge in [0.25, 0.3) is 11.4 Å². The summed E-state index contributed by atoms with van der Waals surface area (Å²) in [7, 11) is 0. The molecule has 0 radical (unpaired) electrons. The van der Waals surface area contributed by atoms with E-state index in [1.165, 1.54) is 60.7 Å². The van der Waals surface area contributed by atoms with Gasteiger partial charge < -0.3 is 14.2 Å². The average molecular weight is 529 g/mol. The highest BCUT2D eigenvalue weighted by atomic mass is 16.6. The van der Waals surface area contributed by atoms with E-state index in [-0.39, 0.29) is 41.1 Å². The van der Waals surface area contributed by atoms with Crippen LogP contribution in [-0.2, 0) is 14.3 Å². The number of hydrogen-bond acceptors (Lipinski definition) is 10. The number of esters is 2. The lowest BCUT2D eigenvalue weighted by Crippen LogP contribution is -2.06. The third-order valence-electron chi connectivity index (χ3n) is 5.22. The smallest absolute Gasteiger partial charge is 0.363 e. The van der Waals surface area contributed by atoms with Crippen LogP contribution in [-0.4, -0.2) is 34.3 Å². The Hall–Kier alpha value is -5.65. The van der Waals surface area contributed by atoms with Crippen molar-refractivity contribution < 1.29 is 33.6 Å². The Morgan fingerprint density at radius 2 is 1.69 bits per heavy atom. The Bertz CT molecular complexity index is 1560. The molecule has 0 unspecified atom stereocenters. The topological polar surface area (TPSA) is 160 Å². The molecule has 0 amide bonds. The van der Waals surface area contributed by atoms with Crippen molar-refractivity contribution in [2.45, 2.75) is 6.92 Å². The van der Waals surface area contributed by atoms with Crippen molar-refractivity contribution >= 4 is 41.4 Å². The first-order valence-corrected chi connectivity index (χ1v) is 11.4. The predicted octanol–water partition coefficient (Wildman–Crippen LogP) is 4.87. The largest absolute Gasteiger partial charge is 0.490 e. The van der Waals surface area contributed by atoms with Gasteiger partial charge in [0, 0.05) is 35.9 Å². The first-order chi connectivity index (χ1) is 18.7. The summed E-state index contributed by atoms with van der Waals surface area (Å²) < 4.78 is 16.2. The van der Waals surface area contributed by atoms with Crippen molar-refractivity contribution in [3.05, 3.63) is 115 Å². The lowest BCUT2D eigenvalue weighted by atomic mass is 10.1. The van der Waals surface area contributed by atoms with Gasteiger partial charge in [-0.15, -0.1) is 0 Å². The van der Waals surface area contributed by atoms with E-state index in [1.807, 2.05) is 0 Å². The average Bonchev–Trinajstić information content (AvgIpc) is 3.29. The standard InChI is InChI=1S/C27H19N3O9/c1-2-37-24-16-18(15-22-27(32)39-26(28-22)19-8-10-20(11-9-19)29(33)34)6-12-23(24)38-25(31)13-7-17-4-3-5-21(14-17)30(35)36/h3-16H,2H2,1H3/b13-7+,22-15-. The molecule has 196 valence electrons. The van der Waals surface area contributed by atoms with E-state index in [1.54, 1.807) is 25.1 Å². The fourth-order valence-corrected chi connectivity index (χ4v) is 3.43. The van der Waals surface area contributed by atoms with Crippen LogP contribution in [0.25, 0.3) is 12.2 Å². The number of nitrogens with zero attached hydrogens (tertiary/aromatic N) is 3. The van der Waals surface area contributed by atoms with E-state index in [0.717, 1.165) is 6.08 Å². The van der Waals surface area contributed by atoms with Crippen LogP contribution in [0.5, 0.6) is 11.5 Å². The van der Waals surface area contributed by atoms with Gasteiger partial charge in [0.1, 0.15) is 0 Å². The molecule has 4 rings (SSSR count). The molecule has 0 spiro atoms. The van der Waals surface area contributed by atoms with Gasteiger partial charge >= 0.3 is 11.9 Å². The molecule has 0 saturated heterocycles. The highest BCUT2D eigenvalue weighted by Crippen LogP contribution is 2.30. The number of benzene rings is 3. The SMILES string of the molecule is CCOc1cc(/C=C2\N=C(c3ccc([N+](=O)[O-])cc3)OC2=O)ccc1OC(=O)/C=C/c1cccc([N+](=O)[O-])c1. The minimum absolute atomic E-state index is 0.00423. The van der Waals surface area contributed by atoms with Crippen molar-refractivity contribution in [2.24, 2.45) is 4.99 Å². The fourth-order valence-electron chi connectivity index (χ4n) is 3.43. The fraction of sp³-hybridized carbons (Fsp3) is 0.0741. The van der Waals surface area contributed by atoms with Gasteiger partial charge in [0.15, 0.2) is 17.2 Å². The van der Waals surface area contributed by atoms with Gasteiger partial charge in [0.05, 0.1) is 16.5 Å². The molecule has 1 heterocycles. The molecule has 0 atom stereocenters. The van der Waals surface area contributed by atoms with E-state index in [2.05, 4.69) is 4.99 Å². The van der Waals surface area contributed by atoms with Gasteiger partial charge in [-0.2, -0.15) is 0 Å². The monoisotopic (exact) mass is 529 g/mol. The summed E-state index contributed by atoms with van der Waals surface area (Å²) in [5, 5.41) is 21.8. The number of hydrogen-bond donors (Lipinski definition) is 0. The highest BCUT2D eigenvalue weighted by Gasteiger charge is 2.25. The maximum absolute atomic E-state index is 12.4. The molecule has 0 saturated carbocycles. The van der Waals surface area contributed by atoms with Crippen molar-refractivity contribution in [3.63, 3.8) is 0 Å². The van der Waals surface area contributed by atoms with Crippen molar-refractivity contribution in [1.82, 2.24) is 0 Å². The number of nitro groups is 2. The van der Waals surface area contributed by atoms with Crippen LogP contribution in [0.2, 0.25) is 0 Å². The molecule has 0 N–H and O–H groups in total.